The number of halogens is 3. The van der Waals surface area contributed by atoms with Crippen LogP contribution in [0.15, 0.2) is 30.6 Å². The molecule has 2 heterocycles. The van der Waals surface area contributed by atoms with Crippen molar-refractivity contribution in [2.24, 2.45) is 0 Å². The van der Waals surface area contributed by atoms with E-state index in [4.69, 9.17) is 0 Å². The molecule has 5 nitrogen and oxygen atoms in total. The summed E-state index contributed by atoms with van der Waals surface area (Å²) < 4.78 is 40.3. The molecule has 0 atom stereocenters. The maximum Gasteiger partial charge on any atom is 0.416 e. The first kappa shape index (κ1) is 14.9. The zero-order chi connectivity index (χ0) is 16.7. The predicted octanol–water partition coefficient (Wildman–Crippen LogP) is 3.77. The molecular formula is C16H14F3N5. The van der Waals surface area contributed by atoms with Crippen LogP contribution in [0, 0.1) is 0 Å². The van der Waals surface area contributed by atoms with Gasteiger partial charge in [-0.05, 0) is 43.9 Å². The number of aryl methyl sites for hydroxylation is 1. The minimum Gasteiger partial charge on any atom is -0.340 e. The van der Waals surface area contributed by atoms with E-state index in [0.29, 0.717) is 17.3 Å². The Kier molecular flexibility index (Phi) is 3.40. The molecule has 24 heavy (non-hydrogen) atoms. The first-order valence-corrected chi connectivity index (χ1v) is 7.68. The van der Waals surface area contributed by atoms with E-state index < -0.39 is 11.7 Å². The molecule has 2 aromatic heterocycles. The summed E-state index contributed by atoms with van der Waals surface area (Å²) >= 11 is 0. The maximum atomic E-state index is 12.9. The number of nitrogens with one attached hydrogen (secondary N) is 1. The summed E-state index contributed by atoms with van der Waals surface area (Å²) in [5, 5.41) is 7.25. The van der Waals surface area contributed by atoms with Crippen molar-refractivity contribution in [1.29, 1.82) is 0 Å². The van der Waals surface area contributed by atoms with Crippen molar-refractivity contribution < 1.29 is 13.2 Å². The molecule has 0 saturated carbocycles. The second kappa shape index (κ2) is 5.47. The van der Waals surface area contributed by atoms with Gasteiger partial charge in [0.05, 0.1) is 11.3 Å². The molecule has 1 aliphatic carbocycles. The van der Waals surface area contributed by atoms with Crippen molar-refractivity contribution in [2.45, 2.75) is 31.9 Å². The molecule has 1 aromatic carbocycles. The van der Waals surface area contributed by atoms with Gasteiger partial charge in [-0.15, -0.1) is 0 Å². The number of fused-ring (bicyclic) bond motifs is 2. The largest absolute Gasteiger partial charge is 0.416 e. The van der Waals surface area contributed by atoms with E-state index in [2.05, 4.69) is 20.4 Å². The van der Waals surface area contributed by atoms with Crippen molar-refractivity contribution in [3.8, 4) is 0 Å². The number of rotatable bonds is 2. The van der Waals surface area contributed by atoms with Gasteiger partial charge in [0.1, 0.15) is 12.1 Å². The van der Waals surface area contributed by atoms with Crippen LogP contribution in [-0.2, 0) is 19.0 Å². The number of hydrogen-bond donors (Lipinski definition) is 1. The Morgan fingerprint density at radius 2 is 1.96 bits per heavy atom. The second-order valence-corrected chi connectivity index (χ2v) is 5.77. The highest BCUT2D eigenvalue weighted by molar-refractivity contribution is 5.64. The van der Waals surface area contributed by atoms with Gasteiger partial charge in [0.25, 0.3) is 5.78 Å². The number of nitrogens with zero attached hydrogens (tertiary/aromatic N) is 4. The van der Waals surface area contributed by atoms with Crippen molar-refractivity contribution in [3.63, 3.8) is 0 Å². The third-order valence-corrected chi connectivity index (χ3v) is 4.15. The molecule has 1 N–H and O–H groups in total. The van der Waals surface area contributed by atoms with Crippen LogP contribution < -0.4 is 5.32 Å². The number of benzene rings is 1. The molecule has 0 radical (unpaired) electrons. The Balaban J connectivity index is 1.81. The highest BCUT2D eigenvalue weighted by Crippen LogP contribution is 2.33. The lowest BCUT2D eigenvalue weighted by atomic mass is 9.96. The zero-order valence-electron chi connectivity index (χ0n) is 12.6. The van der Waals surface area contributed by atoms with E-state index in [1.807, 2.05) is 0 Å². The average molecular weight is 333 g/mol. The number of alkyl halides is 3. The van der Waals surface area contributed by atoms with Crippen LogP contribution >= 0.6 is 0 Å². The summed E-state index contributed by atoms with van der Waals surface area (Å²) in [4.78, 5) is 8.61. The van der Waals surface area contributed by atoms with Crippen LogP contribution in [0.25, 0.3) is 5.78 Å². The zero-order valence-corrected chi connectivity index (χ0v) is 12.6. The standard InChI is InChI=1S/C16H14F3N5/c17-16(18,19)10-4-3-5-11(8-10)22-14-12-6-1-2-7-13(12)23-15-20-9-21-24(14)15/h3-5,8-9,22H,1-2,6-7H2. The molecule has 0 aliphatic heterocycles. The topological polar surface area (TPSA) is 55.1 Å². The Morgan fingerprint density at radius 1 is 1.12 bits per heavy atom. The van der Waals surface area contributed by atoms with Gasteiger partial charge in [-0.2, -0.15) is 27.8 Å². The summed E-state index contributed by atoms with van der Waals surface area (Å²) in [5.74, 6) is 1.09. The highest BCUT2D eigenvalue weighted by Gasteiger charge is 2.30. The summed E-state index contributed by atoms with van der Waals surface area (Å²) in [6.45, 7) is 0. The normalized spacial score (nSPS) is 14.6. The van der Waals surface area contributed by atoms with Gasteiger partial charge < -0.3 is 5.32 Å². The van der Waals surface area contributed by atoms with Crippen LogP contribution in [0.4, 0.5) is 24.7 Å². The fraction of sp³-hybridized carbons (Fsp3) is 0.312. The highest BCUT2D eigenvalue weighted by atomic mass is 19.4. The van der Waals surface area contributed by atoms with Crippen LogP contribution in [0.2, 0.25) is 0 Å². The van der Waals surface area contributed by atoms with E-state index >= 15 is 0 Å². The monoisotopic (exact) mass is 333 g/mol. The van der Waals surface area contributed by atoms with Crippen LogP contribution in [-0.4, -0.2) is 19.6 Å². The Morgan fingerprint density at radius 3 is 2.79 bits per heavy atom. The molecule has 124 valence electrons. The minimum absolute atomic E-state index is 0.362. The van der Waals surface area contributed by atoms with E-state index in [1.54, 1.807) is 10.6 Å². The van der Waals surface area contributed by atoms with Gasteiger partial charge in [0.15, 0.2) is 0 Å². The molecule has 0 amide bonds. The second-order valence-electron chi connectivity index (χ2n) is 5.77. The fourth-order valence-corrected chi connectivity index (χ4v) is 3.02. The Hall–Kier alpha value is -2.64. The predicted molar refractivity (Wildman–Crippen MR) is 82.2 cm³/mol. The lowest BCUT2D eigenvalue weighted by molar-refractivity contribution is -0.137. The molecule has 0 unspecified atom stereocenters. The lowest BCUT2D eigenvalue weighted by Crippen LogP contribution is -2.14. The van der Waals surface area contributed by atoms with Gasteiger partial charge in [-0.3, -0.25) is 0 Å². The van der Waals surface area contributed by atoms with E-state index in [-0.39, 0.29) is 0 Å². The first-order chi connectivity index (χ1) is 11.5. The van der Waals surface area contributed by atoms with Crippen molar-refractivity contribution >= 4 is 17.3 Å². The fourth-order valence-electron chi connectivity index (χ4n) is 3.02. The van der Waals surface area contributed by atoms with E-state index in [1.165, 1.54) is 12.4 Å². The molecule has 8 heteroatoms. The quantitative estimate of drug-likeness (QED) is 0.776. The lowest BCUT2D eigenvalue weighted by Gasteiger charge is -2.20. The average Bonchev–Trinajstić information content (AvgIpc) is 3.02. The van der Waals surface area contributed by atoms with E-state index in [0.717, 1.165) is 49.1 Å². The molecule has 1 aliphatic rings. The summed E-state index contributed by atoms with van der Waals surface area (Å²) in [7, 11) is 0. The van der Waals surface area contributed by atoms with Crippen LogP contribution in [0.5, 0.6) is 0 Å². The maximum absolute atomic E-state index is 12.9. The molecule has 0 saturated heterocycles. The van der Waals surface area contributed by atoms with Gasteiger partial charge >= 0.3 is 6.18 Å². The number of hydrogen-bond acceptors (Lipinski definition) is 4. The number of aromatic nitrogens is 4. The van der Waals surface area contributed by atoms with Gasteiger partial charge in [0, 0.05) is 11.3 Å². The van der Waals surface area contributed by atoms with Crippen molar-refractivity contribution in [1.82, 2.24) is 19.6 Å². The minimum atomic E-state index is -4.38. The van der Waals surface area contributed by atoms with Crippen LogP contribution in [0.1, 0.15) is 29.7 Å². The third kappa shape index (κ3) is 2.57. The van der Waals surface area contributed by atoms with Crippen molar-refractivity contribution in [3.05, 3.63) is 47.4 Å². The molecule has 3 aromatic rings. The van der Waals surface area contributed by atoms with Gasteiger partial charge in [0.2, 0.25) is 0 Å². The summed E-state index contributed by atoms with van der Waals surface area (Å²) in [5.41, 5.74) is 1.61. The molecular weight excluding hydrogens is 319 g/mol. The van der Waals surface area contributed by atoms with E-state index in [9.17, 15) is 13.2 Å². The molecule has 0 spiro atoms. The summed E-state index contributed by atoms with van der Waals surface area (Å²) in [6.07, 6.45) is 0.748. The van der Waals surface area contributed by atoms with Gasteiger partial charge in [-0.1, -0.05) is 6.07 Å². The van der Waals surface area contributed by atoms with Crippen molar-refractivity contribution in [2.75, 3.05) is 5.32 Å². The molecule has 0 bridgehead atoms. The SMILES string of the molecule is FC(F)(F)c1cccc(Nc2c3c(nc4ncnn24)CCCC3)c1. The summed E-state index contributed by atoms with van der Waals surface area (Å²) in [6, 6.07) is 5.14. The van der Waals surface area contributed by atoms with Gasteiger partial charge in [-0.25, -0.2) is 4.98 Å². The molecule has 4 rings (SSSR count). The number of anilines is 2. The smallest absolute Gasteiger partial charge is 0.340 e. The Labute approximate surface area is 135 Å². The molecule has 0 fully saturated rings. The first-order valence-electron chi connectivity index (χ1n) is 7.68. The third-order valence-electron chi connectivity index (χ3n) is 4.15. The van der Waals surface area contributed by atoms with Crippen LogP contribution in [0.3, 0.4) is 0 Å². The Bertz CT molecular complexity index is 900.